The van der Waals surface area contributed by atoms with Crippen LogP contribution in [-0.4, -0.2) is 11.9 Å². The average molecular weight is 335 g/mol. The Morgan fingerprint density at radius 2 is 1.46 bits per heavy atom. The number of hydrogen-bond donors (Lipinski definition) is 0. The molecule has 2 aromatic rings. The predicted molar refractivity (Wildman–Crippen MR) is 108 cm³/mol. The number of hydrogen-bond acceptors (Lipinski definition) is 1. The van der Waals surface area contributed by atoms with Crippen molar-refractivity contribution in [3.63, 3.8) is 0 Å². The van der Waals surface area contributed by atoms with Gasteiger partial charge >= 0.3 is 0 Å². The van der Waals surface area contributed by atoms with Gasteiger partial charge in [-0.2, -0.15) is 0 Å². The molecule has 0 N–H and O–H groups in total. The first-order valence-corrected chi connectivity index (χ1v) is 10.1. The van der Waals surface area contributed by atoms with Gasteiger partial charge < -0.3 is 0 Å². The van der Waals surface area contributed by atoms with E-state index in [0.717, 1.165) is 5.31 Å². The van der Waals surface area contributed by atoms with Gasteiger partial charge in [0.2, 0.25) is 0 Å². The topological polar surface area (TPSA) is 17.1 Å². The molecule has 0 fully saturated rings. The molecule has 0 heterocycles. The molecule has 0 saturated heterocycles. The summed E-state index contributed by atoms with van der Waals surface area (Å²) in [5.74, 6) is 0.191. The number of allylic oxidation sites excluding steroid dienone is 5. The summed E-state index contributed by atoms with van der Waals surface area (Å²) in [6.45, 7) is 8.04. The number of carbonyl (C=O) groups is 1. The Kier molecular flexibility index (Phi) is 6.46. The number of rotatable bonds is 7. The molecule has 0 aliphatic heterocycles. The molecule has 0 unspecified atom stereocenters. The van der Waals surface area contributed by atoms with Crippen molar-refractivity contribution in [3.05, 3.63) is 96.9 Å². The molecule has 0 atom stereocenters. The molecule has 0 aliphatic rings. The lowest BCUT2D eigenvalue weighted by Crippen LogP contribution is -2.28. The molecule has 0 spiro atoms. The van der Waals surface area contributed by atoms with E-state index in [1.807, 2.05) is 61.5 Å². The quantitative estimate of drug-likeness (QED) is 0.520. The highest BCUT2D eigenvalue weighted by Gasteiger charge is 2.46. The fraction of sp³-hybridized carbons (Fsp3) is 0.136. The smallest absolute Gasteiger partial charge is 0.168 e. The molecule has 0 aliphatic carbocycles. The van der Waals surface area contributed by atoms with Crippen LogP contribution < -0.4 is 10.6 Å². The molecule has 0 amide bonds. The van der Waals surface area contributed by atoms with Crippen molar-refractivity contribution in [2.75, 3.05) is 6.16 Å². The van der Waals surface area contributed by atoms with Gasteiger partial charge in [0, 0.05) is 0 Å². The Hall–Kier alpha value is -2.24. The summed E-state index contributed by atoms with van der Waals surface area (Å²) in [5.41, 5.74) is 0. The van der Waals surface area contributed by atoms with Gasteiger partial charge in [0.15, 0.2) is 5.78 Å². The average Bonchev–Trinajstić information content (AvgIpc) is 2.61. The molecule has 2 rings (SSSR count). The second-order valence-electron chi connectivity index (χ2n) is 5.72. The van der Waals surface area contributed by atoms with Crippen LogP contribution in [-0.2, 0) is 4.79 Å². The van der Waals surface area contributed by atoms with Crippen molar-refractivity contribution >= 4 is 23.7 Å². The maximum atomic E-state index is 12.2. The Bertz CT molecular complexity index is 703. The van der Waals surface area contributed by atoms with Gasteiger partial charge in [-0.05, 0) is 44.2 Å². The van der Waals surface area contributed by atoms with Gasteiger partial charge in [-0.15, -0.1) is 0 Å². The van der Waals surface area contributed by atoms with Crippen LogP contribution >= 0.6 is 7.26 Å². The van der Waals surface area contributed by atoms with E-state index in [9.17, 15) is 4.79 Å². The molecule has 2 heteroatoms. The van der Waals surface area contributed by atoms with Crippen molar-refractivity contribution in [3.8, 4) is 0 Å². The highest BCUT2D eigenvalue weighted by atomic mass is 31.2. The minimum Gasteiger partial charge on any atom is -0.296 e. The molecular weight excluding hydrogens is 311 g/mol. The monoisotopic (exact) mass is 335 g/mol. The van der Waals surface area contributed by atoms with Crippen molar-refractivity contribution in [1.82, 2.24) is 0 Å². The van der Waals surface area contributed by atoms with E-state index < -0.39 is 7.26 Å². The second kappa shape index (κ2) is 8.57. The van der Waals surface area contributed by atoms with E-state index in [1.54, 1.807) is 6.92 Å². The normalized spacial score (nSPS) is 11.9. The van der Waals surface area contributed by atoms with Crippen LogP contribution in [0, 0.1) is 0 Å². The highest BCUT2D eigenvalue weighted by Crippen LogP contribution is 2.63. The fourth-order valence-electron chi connectivity index (χ4n) is 2.87. The Labute approximate surface area is 145 Å². The SMILES string of the molecule is C=C(/C=C\C=C/C)[P+](CC(C)=O)(c1ccccc1)c1ccccc1. The van der Waals surface area contributed by atoms with E-state index in [-0.39, 0.29) is 5.78 Å². The van der Waals surface area contributed by atoms with E-state index >= 15 is 0 Å². The number of Topliss-reactive ketones (excluding diaryl/α,β-unsaturated/α-hetero) is 1. The van der Waals surface area contributed by atoms with Crippen LogP contribution in [0.3, 0.4) is 0 Å². The standard InChI is InChI=1S/C22H24OP/c1-4-5-8-13-20(3)24(18-19(2)23,21-14-9-6-10-15-21)22-16-11-7-12-17-22/h4-17H,3,18H2,1-2H3/q+1/b5-4-,13-8-. The van der Waals surface area contributed by atoms with Crippen LogP contribution in [0.1, 0.15) is 13.8 Å². The molecule has 2 aromatic carbocycles. The maximum Gasteiger partial charge on any atom is 0.168 e. The first kappa shape index (κ1) is 18.1. The van der Waals surface area contributed by atoms with Gasteiger partial charge in [0.05, 0.1) is 5.31 Å². The van der Waals surface area contributed by atoms with Crippen LogP contribution in [0.25, 0.3) is 0 Å². The summed E-state index contributed by atoms with van der Waals surface area (Å²) in [6.07, 6.45) is 8.53. The number of carbonyl (C=O) groups excluding carboxylic acids is 1. The first-order chi connectivity index (χ1) is 11.6. The lowest BCUT2D eigenvalue weighted by atomic mass is 10.4. The van der Waals surface area contributed by atoms with Crippen LogP contribution in [0.5, 0.6) is 0 Å². The zero-order valence-corrected chi connectivity index (χ0v) is 15.2. The zero-order valence-electron chi connectivity index (χ0n) is 14.4. The van der Waals surface area contributed by atoms with Gasteiger partial charge in [-0.1, -0.05) is 61.2 Å². The largest absolute Gasteiger partial charge is 0.296 e. The molecule has 1 nitrogen and oxygen atoms in total. The van der Waals surface area contributed by atoms with Crippen molar-refractivity contribution in [2.24, 2.45) is 0 Å². The van der Waals surface area contributed by atoms with Gasteiger partial charge in [-0.25, -0.2) is 0 Å². The predicted octanol–water partition coefficient (Wildman–Crippen LogP) is 4.89. The minimum atomic E-state index is -2.05. The summed E-state index contributed by atoms with van der Waals surface area (Å²) in [4.78, 5) is 12.2. The zero-order chi connectivity index (χ0) is 17.4. The Morgan fingerprint density at radius 3 is 1.88 bits per heavy atom. The Morgan fingerprint density at radius 1 is 0.958 bits per heavy atom. The third-order valence-corrected chi connectivity index (χ3v) is 8.34. The minimum absolute atomic E-state index is 0.191. The third-order valence-electron chi connectivity index (χ3n) is 3.94. The summed E-state index contributed by atoms with van der Waals surface area (Å²) in [6, 6.07) is 20.7. The molecule has 122 valence electrons. The lowest BCUT2D eigenvalue weighted by Gasteiger charge is -2.26. The van der Waals surface area contributed by atoms with Crippen LogP contribution in [0.4, 0.5) is 0 Å². The highest BCUT2D eigenvalue weighted by molar-refractivity contribution is 7.93. The van der Waals surface area contributed by atoms with Crippen LogP contribution in [0.2, 0.25) is 0 Å². The second-order valence-corrected chi connectivity index (χ2v) is 9.26. The van der Waals surface area contributed by atoms with E-state index in [0.29, 0.717) is 6.16 Å². The first-order valence-electron chi connectivity index (χ1n) is 8.09. The Balaban J connectivity index is 2.69. The van der Waals surface area contributed by atoms with Crippen molar-refractivity contribution < 1.29 is 4.79 Å². The molecule has 0 bridgehead atoms. The lowest BCUT2D eigenvalue weighted by molar-refractivity contribution is -0.114. The molecular formula is C22H24OP+. The van der Waals surface area contributed by atoms with E-state index in [2.05, 4.69) is 36.9 Å². The summed E-state index contributed by atoms with van der Waals surface area (Å²) >= 11 is 0. The molecule has 0 radical (unpaired) electrons. The molecule has 0 saturated carbocycles. The van der Waals surface area contributed by atoms with Crippen molar-refractivity contribution in [2.45, 2.75) is 13.8 Å². The van der Waals surface area contributed by atoms with Gasteiger partial charge in [0.1, 0.15) is 24.0 Å². The fourth-order valence-corrected chi connectivity index (χ4v) is 6.77. The third kappa shape index (κ3) is 3.99. The van der Waals surface area contributed by atoms with Crippen LogP contribution in [0.15, 0.2) is 96.9 Å². The van der Waals surface area contributed by atoms with Gasteiger partial charge in [0.25, 0.3) is 0 Å². The van der Waals surface area contributed by atoms with E-state index in [4.69, 9.17) is 0 Å². The molecule has 0 aromatic heterocycles. The van der Waals surface area contributed by atoms with Gasteiger partial charge in [-0.3, -0.25) is 4.79 Å². The summed E-state index contributed by atoms with van der Waals surface area (Å²) in [5, 5.41) is 3.41. The summed E-state index contributed by atoms with van der Waals surface area (Å²) < 4.78 is 0. The van der Waals surface area contributed by atoms with E-state index in [1.165, 1.54) is 10.6 Å². The molecule has 24 heavy (non-hydrogen) atoms. The number of ketones is 1. The number of benzene rings is 2. The summed E-state index contributed by atoms with van der Waals surface area (Å²) in [7, 11) is -2.05. The maximum absolute atomic E-state index is 12.2. The van der Waals surface area contributed by atoms with Crippen molar-refractivity contribution in [1.29, 1.82) is 0 Å².